The van der Waals surface area contributed by atoms with Crippen LogP contribution in [-0.2, 0) is 0 Å². The number of rotatable bonds is 3. The van der Waals surface area contributed by atoms with Gasteiger partial charge in [0, 0.05) is 16.3 Å². The van der Waals surface area contributed by atoms with Gasteiger partial charge in [-0.15, -0.1) is 0 Å². The van der Waals surface area contributed by atoms with Crippen molar-refractivity contribution in [3.8, 4) is 0 Å². The van der Waals surface area contributed by atoms with Gasteiger partial charge in [-0.1, -0.05) is 29.8 Å². The molecular formula is C15H14ClNO2. The number of carbonyl (C=O) groups excluding carboxylic acids is 1. The highest BCUT2D eigenvalue weighted by Gasteiger charge is 2.07. The monoisotopic (exact) mass is 275 g/mol. The third kappa shape index (κ3) is 3.56. The Morgan fingerprint density at radius 1 is 1.21 bits per heavy atom. The number of halogens is 1. The summed E-state index contributed by atoms with van der Waals surface area (Å²) < 4.78 is 0. The fraction of sp³-hybridized carbons (Fsp3) is 0.133. The van der Waals surface area contributed by atoms with E-state index in [4.69, 9.17) is 11.6 Å². The van der Waals surface area contributed by atoms with Gasteiger partial charge in [0.1, 0.15) is 0 Å². The second kappa shape index (κ2) is 5.87. The zero-order valence-corrected chi connectivity index (χ0v) is 11.2. The van der Waals surface area contributed by atoms with Gasteiger partial charge in [-0.3, -0.25) is 4.79 Å². The van der Waals surface area contributed by atoms with E-state index in [1.807, 2.05) is 0 Å². The molecule has 0 spiro atoms. The molecule has 3 nitrogen and oxygen atoms in total. The maximum absolute atomic E-state index is 12.0. The van der Waals surface area contributed by atoms with Crippen LogP contribution in [0, 0.1) is 0 Å². The molecule has 0 saturated carbocycles. The Morgan fingerprint density at radius 3 is 2.63 bits per heavy atom. The van der Waals surface area contributed by atoms with Crippen LogP contribution < -0.4 is 5.32 Å². The van der Waals surface area contributed by atoms with Crippen LogP contribution in [0.1, 0.15) is 28.9 Å². The van der Waals surface area contributed by atoms with E-state index in [0.29, 0.717) is 16.3 Å². The standard InChI is InChI=1S/C15H14ClNO2/c1-10(18)11-4-3-7-14(9-11)17-15(19)12-5-2-6-13(16)8-12/h2-10,18H,1H3,(H,17,19)/t10-/m1/s1. The van der Waals surface area contributed by atoms with E-state index in [2.05, 4.69) is 5.32 Å². The van der Waals surface area contributed by atoms with Crippen LogP contribution in [0.3, 0.4) is 0 Å². The van der Waals surface area contributed by atoms with Crippen LogP contribution in [0.15, 0.2) is 48.5 Å². The second-order valence-corrected chi connectivity index (χ2v) is 4.70. The molecule has 98 valence electrons. The third-order valence-corrected chi connectivity index (χ3v) is 2.95. The van der Waals surface area contributed by atoms with Crippen LogP contribution in [0.2, 0.25) is 5.02 Å². The molecule has 0 aliphatic rings. The molecule has 1 atom stereocenters. The first-order valence-corrected chi connectivity index (χ1v) is 6.29. The number of hydrogen-bond donors (Lipinski definition) is 2. The number of carbonyl (C=O) groups is 1. The molecule has 2 aromatic carbocycles. The Morgan fingerprint density at radius 2 is 1.95 bits per heavy atom. The lowest BCUT2D eigenvalue weighted by molar-refractivity contribution is 0.102. The Bertz CT molecular complexity index is 596. The molecule has 0 aliphatic heterocycles. The molecule has 0 aliphatic carbocycles. The molecule has 2 rings (SSSR count). The fourth-order valence-electron chi connectivity index (χ4n) is 1.71. The summed E-state index contributed by atoms with van der Waals surface area (Å²) in [6.45, 7) is 1.68. The van der Waals surface area contributed by atoms with E-state index >= 15 is 0 Å². The predicted octanol–water partition coefficient (Wildman–Crippen LogP) is 3.65. The van der Waals surface area contributed by atoms with Gasteiger partial charge >= 0.3 is 0 Å². The number of hydrogen-bond acceptors (Lipinski definition) is 2. The first kappa shape index (κ1) is 13.6. The molecule has 0 unspecified atom stereocenters. The van der Waals surface area contributed by atoms with E-state index in [-0.39, 0.29) is 5.91 Å². The predicted molar refractivity (Wildman–Crippen MR) is 76.5 cm³/mol. The minimum atomic E-state index is -0.567. The molecular weight excluding hydrogens is 262 g/mol. The van der Waals surface area contributed by atoms with E-state index in [1.54, 1.807) is 55.5 Å². The Hall–Kier alpha value is -1.84. The van der Waals surface area contributed by atoms with Crippen LogP contribution >= 0.6 is 11.6 Å². The van der Waals surface area contributed by atoms with E-state index in [0.717, 1.165) is 5.56 Å². The van der Waals surface area contributed by atoms with Gasteiger partial charge in [-0.2, -0.15) is 0 Å². The number of aliphatic hydroxyl groups excluding tert-OH is 1. The average molecular weight is 276 g/mol. The van der Waals surface area contributed by atoms with Crippen LogP contribution in [0.4, 0.5) is 5.69 Å². The lowest BCUT2D eigenvalue weighted by Crippen LogP contribution is -2.12. The Labute approximate surface area is 116 Å². The largest absolute Gasteiger partial charge is 0.389 e. The SMILES string of the molecule is C[C@@H](O)c1cccc(NC(=O)c2cccc(Cl)c2)c1. The highest BCUT2D eigenvalue weighted by molar-refractivity contribution is 6.31. The first-order valence-electron chi connectivity index (χ1n) is 5.91. The summed E-state index contributed by atoms with van der Waals surface area (Å²) in [5.41, 5.74) is 1.89. The topological polar surface area (TPSA) is 49.3 Å². The van der Waals surface area contributed by atoms with E-state index < -0.39 is 6.10 Å². The van der Waals surface area contributed by atoms with Crippen molar-refractivity contribution in [3.05, 3.63) is 64.7 Å². The van der Waals surface area contributed by atoms with Crippen LogP contribution in [0.25, 0.3) is 0 Å². The van der Waals surface area contributed by atoms with Gasteiger partial charge in [0.2, 0.25) is 0 Å². The highest BCUT2D eigenvalue weighted by Crippen LogP contribution is 2.18. The summed E-state index contributed by atoms with van der Waals surface area (Å²) in [5.74, 6) is -0.231. The molecule has 0 bridgehead atoms. The Kier molecular flexibility index (Phi) is 4.20. The molecule has 0 aromatic heterocycles. The lowest BCUT2D eigenvalue weighted by atomic mass is 10.1. The normalized spacial score (nSPS) is 11.9. The first-order chi connectivity index (χ1) is 9.06. The van der Waals surface area contributed by atoms with Crippen molar-refractivity contribution >= 4 is 23.2 Å². The molecule has 2 aromatic rings. The molecule has 19 heavy (non-hydrogen) atoms. The highest BCUT2D eigenvalue weighted by atomic mass is 35.5. The molecule has 0 fully saturated rings. The molecule has 1 amide bonds. The van der Waals surface area contributed by atoms with Crippen molar-refractivity contribution < 1.29 is 9.90 Å². The molecule has 0 saturated heterocycles. The van der Waals surface area contributed by atoms with Gasteiger partial charge in [0.25, 0.3) is 5.91 Å². The van der Waals surface area contributed by atoms with Crippen molar-refractivity contribution in [3.63, 3.8) is 0 Å². The summed E-state index contributed by atoms with van der Waals surface area (Å²) in [6, 6.07) is 13.8. The van der Waals surface area contributed by atoms with Crippen molar-refractivity contribution in [2.24, 2.45) is 0 Å². The third-order valence-electron chi connectivity index (χ3n) is 2.71. The summed E-state index contributed by atoms with van der Waals surface area (Å²) >= 11 is 5.85. The minimum absolute atomic E-state index is 0.231. The second-order valence-electron chi connectivity index (χ2n) is 4.27. The van der Waals surface area contributed by atoms with Gasteiger partial charge in [0.15, 0.2) is 0 Å². The number of anilines is 1. The zero-order valence-electron chi connectivity index (χ0n) is 10.4. The number of nitrogens with one attached hydrogen (secondary N) is 1. The quantitative estimate of drug-likeness (QED) is 0.898. The van der Waals surface area contributed by atoms with Crippen molar-refractivity contribution in [1.82, 2.24) is 0 Å². The number of aliphatic hydroxyl groups is 1. The maximum Gasteiger partial charge on any atom is 0.255 e. The molecule has 2 N–H and O–H groups in total. The molecule has 0 heterocycles. The maximum atomic E-state index is 12.0. The van der Waals surface area contributed by atoms with Gasteiger partial charge in [0.05, 0.1) is 6.10 Å². The van der Waals surface area contributed by atoms with Gasteiger partial charge in [-0.25, -0.2) is 0 Å². The van der Waals surface area contributed by atoms with Crippen LogP contribution in [0.5, 0.6) is 0 Å². The molecule has 4 heteroatoms. The summed E-state index contributed by atoms with van der Waals surface area (Å²) in [6.07, 6.45) is -0.567. The van der Waals surface area contributed by atoms with Gasteiger partial charge < -0.3 is 10.4 Å². The zero-order chi connectivity index (χ0) is 13.8. The Balaban J connectivity index is 2.17. The number of benzene rings is 2. The summed E-state index contributed by atoms with van der Waals surface area (Å²) in [4.78, 5) is 12.0. The van der Waals surface area contributed by atoms with E-state index in [9.17, 15) is 9.90 Å². The molecule has 0 radical (unpaired) electrons. The average Bonchev–Trinajstić information content (AvgIpc) is 2.39. The van der Waals surface area contributed by atoms with Crippen molar-refractivity contribution in [2.75, 3.05) is 5.32 Å². The number of amides is 1. The van der Waals surface area contributed by atoms with Crippen molar-refractivity contribution in [1.29, 1.82) is 0 Å². The minimum Gasteiger partial charge on any atom is -0.389 e. The van der Waals surface area contributed by atoms with Gasteiger partial charge in [-0.05, 0) is 42.8 Å². The lowest BCUT2D eigenvalue weighted by Gasteiger charge is -2.09. The van der Waals surface area contributed by atoms with E-state index in [1.165, 1.54) is 0 Å². The van der Waals surface area contributed by atoms with Crippen molar-refractivity contribution in [2.45, 2.75) is 13.0 Å². The summed E-state index contributed by atoms with van der Waals surface area (Å²) in [5, 5.41) is 12.8. The van der Waals surface area contributed by atoms with Crippen LogP contribution in [-0.4, -0.2) is 11.0 Å². The summed E-state index contributed by atoms with van der Waals surface area (Å²) in [7, 11) is 0. The fourth-order valence-corrected chi connectivity index (χ4v) is 1.90. The smallest absolute Gasteiger partial charge is 0.255 e.